The summed E-state index contributed by atoms with van der Waals surface area (Å²) in [5.74, 6) is 4.93. The van der Waals surface area contributed by atoms with Crippen LogP contribution in [0.2, 0.25) is 23.3 Å². The van der Waals surface area contributed by atoms with Crippen molar-refractivity contribution in [1.29, 1.82) is 0 Å². The van der Waals surface area contributed by atoms with Crippen LogP contribution in [0.5, 0.6) is 0 Å². The molecule has 0 aliphatic heterocycles. The minimum Gasteiger partial charge on any atom is -0.166 e. The second kappa shape index (κ2) is 4.03. The Kier molecular flexibility index (Phi) is 2.60. The van der Waals surface area contributed by atoms with Crippen molar-refractivity contribution in [3.05, 3.63) is 0 Å². The second-order valence-electron chi connectivity index (χ2n) is 7.92. The van der Waals surface area contributed by atoms with Crippen molar-refractivity contribution in [1.82, 2.24) is 0 Å². The molecule has 0 aromatic rings. The van der Waals surface area contributed by atoms with E-state index in [4.69, 9.17) is 0 Å². The third-order valence-electron chi connectivity index (χ3n) is 7.87. The Bertz CT molecular complexity index is 220. The van der Waals surface area contributed by atoms with E-state index >= 15 is 0 Å². The highest BCUT2D eigenvalue weighted by atomic mass is 14.4. The van der Waals surface area contributed by atoms with Crippen LogP contribution in [0.15, 0.2) is 0 Å². The van der Waals surface area contributed by atoms with E-state index in [9.17, 15) is 0 Å². The fraction of sp³-hybridized carbons (Fsp3) is 1.00. The maximum absolute atomic E-state index is 1.63. The largest absolute Gasteiger partial charge is 0.166 e. The lowest BCUT2D eigenvalue weighted by molar-refractivity contribution is 0.341. The standard InChI is InChI=1S/C16H28B/c1-5-13(6-1)17(14-7-2-8-14,15-9-3-10-15)16-11-4-12-16/h13-16H,1-12H2/q-1. The van der Waals surface area contributed by atoms with Crippen LogP contribution in [-0.2, 0) is 0 Å². The summed E-state index contributed by atoms with van der Waals surface area (Å²) in [6, 6.07) is 0. The highest BCUT2D eigenvalue weighted by Gasteiger charge is 2.53. The van der Waals surface area contributed by atoms with E-state index in [1.54, 1.807) is 77.0 Å². The van der Waals surface area contributed by atoms with Crippen molar-refractivity contribution in [3.63, 3.8) is 0 Å². The van der Waals surface area contributed by atoms with Crippen molar-refractivity contribution in [3.8, 4) is 0 Å². The third kappa shape index (κ3) is 1.38. The fourth-order valence-electron chi connectivity index (χ4n) is 6.38. The summed E-state index contributed by atoms with van der Waals surface area (Å²) in [5.41, 5.74) is 0. The maximum Gasteiger partial charge on any atom is 0.0131 e. The van der Waals surface area contributed by atoms with E-state index < -0.39 is 0 Å². The molecule has 0 unspecified atom stereocenters. The Labute approximate surface area is 107 Å². The van der Waals surface area contributed by atoms with E-state index in [1.165, 1.54) is 23.3 Å². The molecule has 0 radical (unpaired) electrons. The maximum atomic E-state index is 1.63. The summed E-state index contributed by atoms with van der Waals surface area (Å²) in [7, 11) is 0. The Hall–Kier alpha value is 0.0649. The zero-order valence-electron chi connectivity index (χ0n) is 11.4. The van der Waals surface area contributed by atoms with Gasteiger partial charge in [0.2, 0.25) is 0 Å². The molecule has 17 heavy (non-hydrogen) atoms. The zero-order chi connectivity index (χ0) is 11.3. The quantitative estimate of drug-likeness (QED) is 0.548. The predicted octanol–water partition coefficient (Wildman–Crippen LogP) is 5.65. The van der Waals surface area contributed by atoms with Crippen LogP contribution < -0.4 is 0 Å². The molecule has 0 saturated heterocycles. The Balaban J connectivity index is 1.65. The van der Waals surface area contributed by atoms with E-state index in [1.807, 2.05) is 0 Å². The molecule has 0 atom stereocenters. The lowest BCUT2D eigenvalue weighted by atomic mass is 8.98. The first-order valence-electron chi connectivity index (χ1n) is 8.60. The van der Waals surface area contributed by atoms with Crippen LogP contribution in [0.1, 0.15) is 77.0 Å². The van der Waals surface area contributed by atoms with Crippen molar-refractivity contribution in [2.45, 2.75) is 100 Å². The van der Waals surface area contributed by atoms with Gasteiger partial charge in [-0.05, 0) is 0 Å². The van der Waals surface area contributed by atoms with Gasteiger partial charge < -0.3 is 0 Å². The highest BCUT2D eigenvalue weighted by molar-refractivity contribution is 6.85. The van der Waals surface area contributed by atoms with Gasteiger partial charge in [-0.15, -0.1) is 0 Å². The van der Waals surface area contributed by atoms with Crippen LogP contribution >= 0.6 is 0 Å². The molecule has 4 rings (SSSR count). The van der Waals surface area contributed by atoms with Crippen LogP contribution in [0.4, 0.5) is 0 Å². The lowest BCUT2D eigenvalue weighted by Crippen LogP contribution is -2.59. The first-order chi connectivity index (χ1) is 8.42. The summed E-state index contributed by atoms with van der Waals surface area (Å²) in [6.07, 6.45) is 19.4. The molecule has 0 N–H and O–H groups in total. The van der Waals surface area contributed by atoms with Gasteiger partial charge in [-0.3, -0.25) is 0 Å². The van der Waals surface area contributed by atoms with Crippen LogP contribution in [-0.4, -0.2) is 6.15 Å². The van der Waals surface area contributed by atoms with Gasteiger partial charge >= 0.3 is 0 Å². The third-order valence-corrected chi connectivity index (χ3v) is 7.87. The molecule has 0 heterocycles. The van der Waals surface area contributed by atoms with Crippen LogP contribution in [0.25, 0.3) is 0 Å². The molecule has 1 heteroatoms. The molecule has 96 valence electrons. The van der Waals surface area contributed by atoms with Gasteiger partial charge in [0.1, 0.15) is 0 Å². The second-order valence-corrected chi connectivity index (χ2v) is 7.92. The molecule has 0 aromatic carbocycles. The summed E-state index contributed by atoms with van der Waals surface area (Å²) >= 11 is 0. The predicted molar refractivity (Wildman–Crippen MR) is 76.2 cm³/mol. The van der Waals surface area contributed by atoms with Crippen molar-refractivity contribution < 1.29 is 0 Å². The SMILES string of the molecule is C1CC([B-](C2CCC2)(C2CCC2)C2CCC2)C1. The number of hydrogen-bond donors (Lipinski definition) is 0. The molecule has 4 saturated carbocycles. The van der Waals surface area contributed by atoms with Crippen LogP contribution in [0, 0.1) is 0 Å². The van der Waals surface area contributed by atoms with Gasteiger partial charge in [0, 0.05) is 6.15 Å². The summed E-state index contributed by atoms with van der Waals surface area (Å²) in [5, 5.41) is 0. The first kappa shape index (κ1) is 10.9. The van der Waals surface area contributed by atoms with Gasteiger partial charge in [0.05, 0.1) is 0 Å². The fourth-order valence-corrected chi connectivity index (χ4v) is 6.38. The first-order valence-corrected chi connectivity index (χ1v) is 8.60. The topological polar surface area (TPSA) is 0 Å². The molecule has 0 aromatic heterocycles. The Morgan fingerprint density at radius 3 is 0.765 bits per heavy atom. The molecule has 0 bridgehead atoms. The Morgan fingerprint density at radius 1 is 0.412 bits per heavy atom. The van der Waals surface area contributed by atoms with Gasteiger partial charge in [-0.2, -0.15) is 23.3 Å². The van der Waals surface area contributed by atoms with Crippen molar-refractivity contribution >= 4 is 6.15 Å². The highest BCUT2D eigenvalue weighted by Crippen LogP contribution is 2.69. The van der Waals surface area contributed by atoms with E-state index in [0.717, 1.165) is 0 Å². The van der Waals surface area contributed by atoms with E-state index in [0.29, 0.717) is 0 Å². The van der Waals surface area contributed by atoms with Gasteiger partial charge in [-0.25, -0.2) is 0 Å². The van der Waals surface area contributed by atoms with Crippen molar-refractivity contribution in [2.24, 2.45) is 0 Å². The number of rotatable bonds is 4. The minimum absolute atomic E-state index is 0.0972. The minimum atomic E-state index is 0.0972. The van der Waals surface area contributed by atoms with Crippen LogP contribution in [0.3, 0.4) is 0 Å². The molecule has 0 spiro atoms. The lowest BCUT2D eigenvalue weighted by Gasteiger charge is -2.70. The molecular weight excluding hydrogens is 203 g/mol. The summed E-state index contributed by atoms with van der Waals surface area (Å²) in [4.78, 5) is 0. The van der Waals surface area contributed by atoms with E-state index in [2.05, 4.69) is 0 Å². The van der Waals surface area contributed by atoms with Gasteiger partial charge in [0.15, 0.2) is 0 Å². The summed E-state index contributed by atoms with van der Waals surface area (Å²) < 4.78 is 0. The molecule has 4 aliphatic rings. The molecule has 0 nitrogen and oxygen atoms in total. The van der Waals surface area contributed by atoms with E-state index in [-0.39, 0.29) is 6.15 Å². The normalized spacial score (nSPS) is 32.5. The van der Waals surface area contributed by atoms with Crippen molar-refractivity contribution in [2.75, 3.05) is 0 Å². The van der Waals surface area contributed by atoms with Gasteiger partial charge in [0.25, 0.3) is 0 Å². The number of hydrogen-bond acceptors (Lipinski definition) is 0. The Morgan fingerprint density at radius 2 is 0.647 bits per heavy atom. The zero-order valence-corrected chi connectivity index (χ0v) is 11.4. The summed E-state index contributed by atoms with van der Waals surface area (Å²) in [6.45, 7) is 0. The smallest absolute Gasteiger partial charge is 0.0131 e. The average Bonchev–Trinajstić information content (AvgIpc) is 1.86. The van der Waals surface area contributed by atoms with Gasteiger partial charge in [-0.1, -0.05) is 77.0 Å². The molecule has 0 amide bonds. The molecular formula is C16H28B-. The monoisotopic (exact) mass is 231 g/mol. The molecule has 4 aliphatic carbocycles. The molecule has 4 fully saturated rings. The average molecular weight is 231 g/mol.